The van der Waals surface area contributed by atoms with Crippen LogP contribution < -0.4 is 0 Å². The molecule has 0 saturated carbocycles. The maximum atomic E-state index is 11.8. The number of aryl methyl sites for hydroxylation is 1. The summed E-state index contributed by atoms with van der Waals surface area (Å²) >= 11 is 3.48. The SMILES string of the molecule is CCc1cccc(CC(Br)C(=O)C(C)C)c1. The highest BCUT2D eigenvalue weighted by Gasteiger charge is 2.18. The zero-order valence-corrected chi connectivity index (χ0v) is 11.8. The van der Waals surface area contributed by atoms with Gasteiger partial charge >= 0.3 is 0 Å². The number of alkyl halides is 1. The van der Waals surface area contributed by atoms with Gasteiger partial charge in [0.2, 0.25) is 0 Å². The number of hydrogen-bond donors (Lipinski definition) is 0. The lowest BCUT2D eigenvalue weighted by molar-refractivity contribution is -0.121. The molecule has 0 spiro atoms. The highest BCUT2D eigenvalue weighted by molar-refractivity contribution is 9.10. The highest BCUT2D eigenvalue weighted by Crippen LogP contribution is 2.16. The van der Waals surface area contributed by atoms with E-state index in [0.717, 1.165) is 12.8 Å². The summed E-state index contributed by atoms with van der Waals surface area (Å²) in [6.07, 6.45) is 1.82. The fraction of sp³-hybridized carbons (Fsp3) is 0.500. The van der Waals surface area contributed by atoms with Crippen molar-refractivity contribution in [3.63, 3.8) is 0 Å². The molecule has 0 fully saturated rings. The lowest BCUT2D eigenvalue weighted by Gasteiger charge is -2.12. The average molecular weight is 283 g/mol. The maximum Gasteiger partial charge on any atom is 0.149 e. The molecule has 0 heterocycles. The molecular formula is C14H19BrO. The zero-order chi connectivity index (χ0) is 12.1. The van der Waals surface area contributed by atoms with Gasteiger partial charge < -0.3 is 0 Å². The van der Waals surface area contributed by atoms with E-state index in [0.29, 0.717) is 0 Å². The lowest BCUT2D eigenvalue weighted by atomic mass is 9.99. The Hall–Kier alpha value is -0.630. The fourth-order valence-electron chi connectivity index (χ4n) is 1.65. The number of hydrogen-bond acceptors (Lipinski definition) is 1. The number of carbonyl (C=O) groups is 1. The van der Waals surface area contributed by atoms with Crippen LogP contribution in [0, 0.1) is 5.92 Å². The van der Waals surface area contributed by atoms with Crippen molar-refractivity contribution in [3.05, 3.63) is 35.4 Å². The second kappa shape index (κ2) is 6.19. The van der Waals surface area contributed by atoms with Gasteiger partial charge in [-0.05, 0) is 24.0 Å². The lowest BCUT2D eigenvalue weighted by Crippen LogP contribution is -2.21. The number of benzene rings is 1. The molecule has 1 aromatic carbocycles. The minimum atomic E-state index is -0.0559. The summed E-state index contributed by atoms with van der Waals surface area (Å²) < 4.78 is 0. The largest absolute Gasteiger partial charge is 0.298 e. The van der Waals surface area contributed by atoms with Crippen molar-refractivity contribution in [1.82, 2.24) is 0 Å². The van der Waals surface area contributed by atoms with E-state index in [1.165, 1.54) is 11.1 Å². The van der Waals surface area contributed by atoms with E-state index in [1.54, 1.807) is 0 Å². The monoisotopic (exact) mass is 282 g/mol. The van der Waals surface area contributed by atoms with Gasteiger partial charge in [0.25, 0.3) is 0 Å². The van der Waals surface area contributed by atoms with Crippen molar-refractivity contribution >= 4 is 21.7 Å². The Labute approximate surface area is 106 Å². The number of rotatable bonds is 5. The molecule has 0 aliphatic carbocycles. The molecule has 1 aromatic rings. The topological polar surface area (TPSA) is 17.1 Å². The van der Waals surface area contributed by atoms with Crippen molar-refractivity contribution in [2.75, 3.05) is 0 Å². The summed E-state index contributed by atoms with van der Waals surface area (Å²) in [7, 11) is 0. The molecule has 0 N–H and O–H groups in total. The van der Waals surface area contributed by atoms with Crippen LogP contribution in [0.15, 0.2) is 24.3 Å². The van der Waals surface area contributed by atoms with E-state index in [1.807, 2.05) is 13.8 Å². The van der Waals surface area contributed by atoms with E-state index >= 15 is 0 Å². The van der Waals surface area contributed by atoms with Gasteiger partial charge in [-0.3, -0.25) is 4.79 Å². The van der Waals surface area contributed by atoms with Crippen LogP contribution in [-0.2, 0) is 17.6 Å². The first-order valence-electron chi connectivity index (χ1n) is 5.80. The van der Waals surface area contributed by atoms with Gasteiger partial charge in [0.15, 0.2) is 0 Å². The van der Waals surface area contributed by atoms with Gasteiger partial charge in [0.05, 0.1) is 4.83 Å². The summed E-state index contributed by atoms with van der Waals surface area (Å²) in [5.74, 6) is 0.376. The number of halogens is 1. The van der Waals surface area contributed by atoms with Crippen LogP contribution in [0.3, 0.4) is 0 Å². The summed E-state index contributed by atoms with van der Waals surface area (Å²) in [6, 6.07) is 8.45. The van der Waals surface area contributed by atoms with Crippen LogP contribution in [-0.4, -0.2) is 10.6 Å². The van der Waals surface area contributed by atoms with Gasteiger partial charge in [-0.2, -0.15) is 0 Å². The first-order chi connectivity index (χ1) is 7.54. The number of carbonyl (C=O) groups excluding carboxylic acids is 1. The van der Waals surface area contributed by atoms with Crippen LogP contribution in [0.25, 0.3) is 0 Å². The standard InChI is InChI=1S/C14H19BrO/c1-4-11-6-5-7-12(8-11)9-13(15)14(16)10(2)3/h5-8,10,13H,4,9H2,1-3H3. The summed E-state index contributed by atoms with van der Waals surface area (Å²) in [4.78, 5) is 11.7. The van der Waals surface area contributed by atoms with E-state index in [9.17, 15) is 4.79 Å². The smallest absolute Gasteiger partial charge is 0.149 e. The third-order valence-corrected chi connectivity index (χ3v) is 3.47. The molecule has 1 unspecified atom stereocenters. The van der Waals surface area contributed by atoms with Crippen molar-refractivity contribution in [2.45, 2.75) is 38.4 Å². The van der Waals surface area contributed by atoms with E-state index in [4.69, 9.17) is 0 Å². The first kappa shape index (κ1) is 13.4. The maximum absolute atomic E-state index is 11.8. The first-order valence-corrected chi connectivity index (χ1v) is 6.71. The van der Waals surface area contributed by atoms with Crippen LogP contribution in [0.1, 0.15) is 31.9 Å². The molecule has 1 nitrogen and oxygen atoms in total. The van der Waals surface area contributed by atoms with Gasteiger partial charge in [0, 0.05) is 5.92 Å². The van der Waals surface area contributed by atoms with Crippen LogP contribution in [0.4, 0.5) is 0 Å². The summed E-state index contributed by atoms with van der Waals surface area (Å²) in [6.45, 7) is 6.03. The van der Waals surface area contributed by atoms with Crippen LogP contribution in [0.5, 0.6) is 0 Å². The summed E-state index contributed by atoms with van der Waals surface area (Å²) in [5.41, 5.74) is 2.56. The third-order valence-electron chi connectivity index (χ3n) is 2.69. The molecule has 0 aliphatic heterocycles. The predicted molar refractivity (Wildman–Crippen MR) is 72.1 cm³/mol. The zero-order valence-electron chi connectivity index (χ0n) is 10.2. The molecule has 1 atom stereocenters. The molecule has 0 aromatic heterocycles. The molecule has 0 radical (unpaired) electrons. The van der Waals surface area contributed by atoms with Crippen molar-refractivity contribution in [3.8, 4) is 0 Å². The second-order valence-electron chi connectivity index (χ2n) is 4.40. The number of Topliss-reactive ketones (excluding diaryl/α,β-unsaturated/α-hetero) is 1. The Morgan fingerprint density at radius 1 is 1.31 bits per heavy atom. The Kier molecular flexibility index (Phi) is 5.20. The molecule has 1 rings (SSSR count). The molecule has 2 heteroatoms. The van der Waals surface area contributed by atoms with E-state index in [2.05, 4.69) is 47.1 Å². The third kappa shape index (κ3) is 3.75. The molecule has 0 bridgehead atoms. The van der Waals surface area contributed by atoms with Crippen molar-refractivity contribution < 1.29 is 4.79 Å². The molecule has 88 valence electrons. The van der Waals surface area contributed by atoms with Crippen LogP contribution >= 0.6 is 15.9 Å². The van der Waals surface area contributed by atoms with Gasteiger partial charge in [-0.25, -0.2) is 0 Å². The van der Waals surface area contributed by atoms with E-state index < -0.39 is 0 Å². The summed E-state index contributed by atoms with van der Waals surface area (Å²) in [5, 5.41) is 0. The fourth-order valence-corrected chi connectivity index (χ4v) is 2.55. The minimum Gasteiger partial charge on any atom is -0.298 e. The van der Waals surface area contributed by atoms with Gasteiger partial charge in [0.1, 0.15) is 5.78 Å². The Morgan fingerprint density at radius 2 is 1.94 bits per heavy atom. The Balaban J connectivity index is 2.69. The van der Waals surface area contributed by atoms with Gasteiger partial charge in [-0.1, -0.05) is 61.0 Å². The quantitative estimate of drug-likeness (QED) is 0.752. The molecule has 16 heavy (non-hydrogen) atoms. The Morgan fingerprint density at radius 3 is 2.50 bits per heavy atom. The average Bonchev–Trinajstić information content (AvgIpc) is 2.28. The highest BCUT2D eigenvalue weighted by atomic mass is 79.9. The van der Waals surface area contributed by atoms with Crippen LogP contribution in [0.2, 0.25) is 0 Å². The molecule has 0 aliphatic rings. The van der Waals surface area contributed by atoms with Crippen molar-refractivity contribution in [1.29, 1.82) is 0 Å². The molecular weight excluding hydrogens is 264 g/mol. The minimum absolute atomic E-state index is 0.0559. The Bertz CT molecular complexity index is 358. The predicted octanol–water partition coefficient (Wildman–Crippen LogP) is 3.78. The molecule has 0 amide bonds. The van der Waals surface area contributed by atoms with E-state index in [-0.39, 0.29) is 16.5 Å². The van der Waals surface area contributed by atoms with Gasteiger partial charge in [-0.15, -0.1) is 0 Å². The molecule has 0 saturated heterocycles. The van der Waals surface area contributed by atoms with Crippen molar-refractivity contribution in [2.24, 2.45) is 5.92 Å². The number of ketones is 1. The second-order valence-corrected chi connectivity index (χ2v) is 5.51. The normalized spacial score (nSPS) is 12.8.